The molecule has 1 N–H and O–H groups in total. The Morgan fingerprint density at radius 3 is 2.50 bits per heavy atom. The second kappa shape index (κ2) is 8.71. The van der Waals surface area contributed by atoms with Gasteiger partial charge in [0.2, 0.25) is 15.2 Å². The zero-order chi connectivity index (χ0) is 23.9. The van der Waals surface area contributed by atoms with Gasteiger partial charge in [0.05, 0.1) is 10.5 Å². The molecule has 0 atom stereocenters. The quantitative estimate of drug-likeness (QED) is 0.552. The van der Waals surface area contributed by atoms with Crippen LogP contribution in [0.25, 0.3) is 0 Å². The third-order valence-electron chi connectivity index (χ3n) is 6.56. The average molecular weight is 503 g/mol. The predicted octanol–water partition coefficient (Wildman–Crippen LogP) is 3.26. The van der Waals surface area contributed by atoms with E-state index in [1.807, 2.05) is 0 Å². The van der Waals surface area contributed by atoms with Gasteiger partial charge >= 0.3 is 5.97 Å². The number of hydrogen-bond donors (Lipinski definition) is 1. The predicted molar refractivity (Wildman–Crippen MR) is 125 cm³/mol. The first-order valence-corrected chi connectivity index (χ1v) is 13.1. The molecule has 0 amide bonds. The van der Waals surface area contributed by atoms with Crippen LogP contribution in [0.5, 0.6) is 0 Å². The monoisotopic (exact) mass is 502 g/mol. The van der Waals surface area contributed by atoms with Crippen molar-refractivity contribution in [1.82, 2.24) is 13.7 Å². The van der Waals surface area contributed by atoms with Crippen LogP contribution in [-0.2, 0) is 16.4 Å². The molecular weight excluding hydrogens is 479 g/mol. The molecule has 0 aliphatic carbocycles. The van der Waals surface area contributed by atoms with Gasteiger partial charge in [0.15, 0.2) is 0 Å². The first-order chi connectivity index (χ1) is 16.2. The lowest BCUT2D eigenvalue weighted by atomic mass is 9.73. The highest BCUT2D eigenvalue weighted by Gasteiger charge is 2.47. The molecule has 3 aromatic rings. The number of carbonyl (C=O) groups is 1. The first kappa shape index (κ1) is 22.9. The van der Waals surface area contributed by atoms with Gasteiger partial charge in [0.25, 0.3) is 0 Å². The molecular formula is C23H23FN4O4S2. The third kappa shape index (κ3) is 4.42. The topological polar surface area (TPSA) is 104 Å². The lowest BCUT2D eigenvalue weighted by Gasteiger charge is -2.53. The molecule has 0 saturated carbocycles. The number of anilines is 1. The van der Waals surface area contributed by atoms with E-state index in [0.29, 0.717) is 25.3 Å². The van der Waals surface area contributed by atoms with E-state index in [1.54, 1.807) is 12.1 Å². The van der Waals surface area contributed by atoms with Crippen LogP contribution in [0.4, 0.5) is 9.52 Å². The Kier molecular flexibility index (Phi) is 5.86. The van der Waals surface area contributed by atoms with Crippen LogP contribution in [0, 0.1) is 11.2 Å². The fourth-order valence-corrected chi connectivity index (χ4v) is 6.76. The molecule has 1 spiro atoms. The van der Waals surface area contributed by atoms with E-state index in [0.717, 1.165) is 36.6 Å². The summed E-state index contributed by atoms with van der Waals surface area (Å²) in [4.78, 5) is 18.0. The summed E-state index contributed by atoms with van der Waals surface area (Å²) in [6.45, 7) is 2.42. The van der Waals surface area contributed by atoms with Crippen LogP contribution in [0.15, 0.2) is 53.4 Å². The summed E-state index contributed by atoms with van der Waals surface area (Å²) in [6.07, 6.45) is 2.02. The maximum atomic E-state index is 13.1. The molecule has 8 nitrogen and oxygen atoms in total. The Balaban J connectivity index is 1.18. The minimum absolute atomic E-state index is 0.0149. The molecule has 2 aromatic carbocycles. The van der Waals surface area contributed by atoms with Crippen LogP contribution >= 0.6 is 11.5 Å². The second-order valence-corrected chi connectivity index (χ2v) is 11.6. The lowest BCUT2D eigenvalue weighted by Crippen LogP contribution is -2.61. The summed E-state index contributed by atoms with van der Waals surface area (Å²) in [6, 6.07) is 11.8. The molecule has 2 fully saturated rings. The normalized spacial score (nSPS) is 18.1. The molecule has 0 unspecified atom stereocenters. The number of carboxylic acid groups (broad SMARTS) is 1. The molecule has 178 valence electrons. The minimum atomic E-state index is -3.73. The van der Waals surface area contributed by atoms with Crippen molar-refractivity contribution in [3.8, 4) is 0 Å². The molecule has 2 aliphatic heterocycles. The van der Waals surface area contributed by atoms with Crippen LogP contribution in [0.1, 0.15) is 34.6 Å². The highest BCUT2D eigenvalue weighted by atomic mass is 32.2. The molecule has 0 bridgehead atoms. The minimum Gasteiger partial charge on any atom is -0.478 e. The van der Waals surface area contributed by atoms with Gasteiger partial charge in [-0.2, -0.15) is 8.68 Å². The zero-order valence-electron chi connectivity index (χ0n) is 18.2. The number of benzene rings is 2. The fourth-order valence-electron chi connectivity index (χ4n) is 4.58. The maximum absolute atomic E-state index is 13.1. The van der Waals surface area contributed by atoms with E-state index in [1.165, 1.54) is 52.2 Å². The van der Waals surface area contributed by atoms with Gasteiger partial charge in [-0.05, 0) is 48.7 Å². The van der Waals surface area contributed by atoms with Crippen LogP contribution < -0.4 is 4.90 Å². The van der Waals surface area contributed by atoms with Gasteiger partial charge in [-0.25, -0.2) is 22.6 Å². The molecule has 34 heavy (non-hydrogen) atoms. The molecule has 11 heteroatoms. The van der Waals surface area contributed by atoms with Gasteiger partial charge in [0, 0.05) is 49.5 Å². The summed E-state index contributed by atoms with van der Waals surface area (Å²) in [5.74, 6) is -0.715. The van der Waals surface area contributed by atoms with Crippen molar-refractivity contribution in [3.05, 3.63) is 71.3 Å². The Bertz CT molecular complexity index is 1310. The molecule has 2 saturated heterocycles. The number of sulfonamides is 1. The van der Waals surface area contributed by atoms with Gasteiger partial charge in [-0.1, -0.05) is 18.2 Å². The van der Waals surface area contributed by atoms with Crippen LogP contribution in [-0.4, -0.2) is 59.3 Å². The molecule has 2 aliphatic rings. The lowest BCUT2D eigenvalue weighted by molar-refractivity contribution is 0.0696. The van der Waals surface area contributed by atoms with Crippen molar-refractivity contribution in [1.29, 1.82) is 0 Å². The molecule has 1 aromatic heterocycles. The van der Waals surface area contributed by atoms with Crippen molar-refractivity contribution in [3.63, 3.8) is 0 Å². The van der Waals surface area contributed by atoms with E-state index < -0.39 is 16.0 Å². The van der Waals surface area contributed by atoms with Crippen molar-refractivity contribution < 1.29 is 22.7 Å². The Hall–Kier alpha value is -2.89. The van der Waals surface area contributed by atoms with Gasteiger partial charge < -0.3 is 10.0 Å². The Morgan fingerprint density at radius 1 is 1.12 bits per heavy atom. The third-order valence-corrected chi connectivity index (χ3v) is 9.27. The summed E-state index contributed by atoms with van der Waals surface area (Å²) < 4.78 is 45.0. The number of nitrogens with zero attached hydrogens (tertiary/aromatic N) is 4. The van der Waals surface area contributed by atoms with E-state index in [2.05, 4.69) is 14.3 Å². The number of aromatic nitrogens is 2. The standard InChI is InChI=1S/C23H23FN4O4S2/c24-18-6-4-16(5-7-18)12-20-25-22(33-26-20)27-14-23(15-27)8-10-28(11-9-23)34(31,32)19-3-1-2-17(13-19)21(29)30/h1-7,13H,8-12,14-15H2,(H,29,30). The summed E-state index contributed by atoms with van der Waals surface area (Å²) in [5, 5.41) is 10.0. The number of carboxylic acids is 1. The summed E-state index contributed by atoms with van der Waals surface area (Å²) >= 11 is 1.35. The summed E-state index contributed by atoms with van der Waals surface area (Å²) in [7, 11) is -3.73. The molecule has 0 radical (unpaired) electrons. The maximum Gasteiger partial charge on any atom is 0.335 e. The van der Waals surface area contributed by atoms with Crippen molar-refractivity contribution in [2.24, 2.45) is 5.41 Å². The molecule has 5 rings (SSSR count). The number of rotatable bonds is 6. The highest BCUT2D eigenvalue weighted by Crippen LogP contribution is 2.43. The van der Waals surface area contributed by atoms with Crippen LogP contribution in [0.3, 0.4) is 0 Å². The SMILES string of the molecule is O=C(O)c1cccc(S(=O)(=O)N2CCC3(CC2)CN(c2nc(Cc4ccc(F)cc4)ns2)C3)c1. The summed E-state index contributed by atoms with van der Waals surface area (Å²) in [5.41, 5.74) is 0.964. The number of aromatic carboxylic acids is 1. The fraction of sp³-hybridized carbons (Fsp3) is 0.348. The highest BCUT2D eigenvalue weighted by molar-refractivity contribution is 7.89. The first-order valence-electron chi connectivity index (χ1n) is 10.9. The second-order valence-electron chi connectivity index (χ2n) is 8.89. The largest absolute Gasteiger partial charge is 0.478 e. The van der Waals surface area contributed by atoms with E-state index in [4.69, 9.17) is 5.11 Å². The number of halogens is 1. The average Bonchev–Trinajstić information content (AvgIpc) is 3.27. The Labute approximate surface area is 200 Å². The number of hydrogen-bond acceptors (Lipinski definition) is 7. The Morgan fingerprint density at radius 2 is 1.82 bits per heavy atom. The van der Waals surface area contributed by atoms with Gasteiger partial charge in [0.1, 0.15) is 11.6 Å². The van der Waals surface area contributed by atoms with E-state index in [-0.39, 0.29) is 21.7 Å². The van der Waals surface area contributed by atoms with E-state index >= 15 is 0 Å². The smallest absolute Gasteiger partial charge is 0.335 e. The van der Waals surface area contributed by atoms with Crippen molar-refractivity contribution in [2.45, 2.75) is 24.2 Å². The van der Waals surface area contributed by atoms with Gasteiger partial charge in [-0.3, -0.25) is 0 Å². The van der Waals surface area contributed by atoms with Crippen molar-refractivity contribution in [2.75, 3.05) is 31.1 Å². The van der Waals surface area contributed by atoms with E-state index in [9.17, 15) is 17.6 Å². The van der Waals surface area contributed by atoms with Crippen LogP contribution in [0.2, 0.25) is 0 Å². The van der Waals surface area contributed by atoms with Crippen molar-refractivity contribution >= 4 is 32.7 Å². The molecule has 3 heterocycles. The zero-order valence-corrected chi connectivity index (χ0v) is 19.9. The van der Waals surface area contributed by atoms with Gasteiger partial charge in [-0.15, -0.1) is 0 Å². The number of piperidine rings is 1.